The first kappa shape index (κ1) is 15.0. The Labute approximate surface area is 139 Å². The fourth-order valence-corrected chi connectivity index (χ4v) is 3.46. The standard InChI is InChI=1S/C16H15N5O2S/c17-24(22,23)12-4-2-11(3-5-12)20-16-19-9-10-1-6-14-13(7-8-18-14)15(10)21-16/h2-5,7-9,13H,1,6H2,(H2,17,22,23)(H,19,20,21). The molecule has 4 rings (SSSR count). The first-order valence-corrected chi connectivity index (χ1v) is 9.04. The number of rotatable bonds is 3. The first-order chi connectivity index (χ1) is 11.5. The Balaban J connectivity index is 1.61. The molecule has 1 aliphatic heterocycles. The SMILES string of the molecule is NS(=O)(=O)c1ccc(Nc2ncc3c(n2)C2C=CN=C2CC3)cc1. The van der Waals surface area contributed by atoms with Gasteiger partial charge in [-0.2, -0.15) is 0 Å². The van der Waals surface area contributed by atoms with Crippen molar-refractivity contribution in [3.8, 4) is 0 Å². The summed E-state index contributed by atoms with van der Waals surface area (Å²) < 4.78 is 22.6. The molecule has 1 unspecified atom stereocenters. The minimum Gasteiger partial charge on any atom is -0.324 e. The normalized spacial score (nSPS) is 18.7. The van der Waals surface area contributed by atoms with Crippen molar-refractivity contribution in [3.05, 3.63) is 54.0 Å². The molecular formula is C16H15N5O2S. The van der Waals surface area contributed by atoms with Gasteiger partial charge in [0.1, 0.15) is 0 Å². The largest absolute Gasteiger partial charge is 0.324 e. The van der Waals surface area contributed by atoms with Crippen LogP contribution in [0, 0.1) is 0 Å². The smallest absolute Gasteiger partial charge is 0.238 e. The van der Waals surface area contributed by atoms with Crippen LogP contribution < -0.4 is 10.5 Å². The summed E-state index contributed by atoms with van der Waals surface area (Å²) in [6.07, 6.45) is 7.55. The molecule has 7 nitrogen and oxygen atoms in total. The Morgan fingerprint density at radius 2 is 1.96 bits per heavy atom. The van der Waals surface area contributed by atoms with Crippen LogP contribution in [0.3, 0.4) is 0 Å². The van der Waals surface area contributed by atoms with Crippen LogP contribution in [0.1, 0.15) is 23.6 Å². The Hall–Kier alpha value is -2.58. The second-order valence-corrected chi connectivity index (χ2v) is 7.30. The van der Waals surface area contributed by atoms with Crippen LogP contribution in [0.5, 0.6) is 0 Å². The van der Waals surface area contributed by atoms with Crippen molar-refractivity contribution in [2.45, 2.75) is 23.7 Å². The van der Waals surface area contributed by atoms with Crippen LogP contribution in [0.2, 0.25) is 0 Å². The Kier molecular flexibility index (Phi) is 3.43. The lowest BCUT2D eigenvalue weighted by Crippen LogP contribution is -2.19. The van der Waals surface area contributed by atoms with Crippen LogP contribution in [-0.2, 0) is 16.4 Å². The van der Waals surface area contributed by atoms with Gasteiger partial charge < -0.3 is 5.32 Å². The molecule has 1 aliphatic carbocycles. The van der Waals surface area contributed by atoms with Gasteiger partial charge in [-0.3, -0.25) is 4.99 Å². The zero-order valence-electron chi connectivity index (χ0n) is 12.7. The molecule has 0 saturated heterocycles. The number of allylic oxidation sites excluding steroid dienone is 1. The highest BCUT2D eigenvalue weighted by atomic mass is 32.2. The average molecular weight is 341 g/mol. The van der Waals surface area contributed by atoms with E-state index in [1.165, 1.54) is 12.1 Å². The molecule has 0 radical (unpaired) electrons. The maximum Gasteiger partial charge on any atom is 0.238 e. The summed E-state index contributed by atoms with van der Waals surface area (Å²) in [6.45, 7) is 0. The van der Waals surface area contributed by atoms with E-state index in [2.05, 4.69) is 20.3 Å². The van der Waals surface area contributed by atoms with Crippen molar-refractivity contribution < 1.29 is 8.42 Å². The molecular weight excluding hydrogens is 326 g/mol. The molecule has 122 valence electrons. The van der Waals surface area contributed by atoms with E-state index in [0.29, 0.717) is 11.6 Å². The van der Waals surface area contributed by atoms with E-state index in [9.17, 15) is 8.42 Å². The summed E-state index contributed by atoms with van der Waals surface area (Å²) in [6, 6.07) is 6.15. The van der Waals surface area contributed by atoms with Gasteiger partial charge in [0.05, 0.1) is 16.5 Å². The second kappa shape index (κ2) is 5.50. The minimum absolute atomic E-state index is 0.0661. The maximum atomic E-state index is 11.3. The number of aromatic nitrogens is 2. The summed E-state index contributed by atoms with van der Waals surface area (Å²) in [5.41, 5.74) is 3.95. The van der Waals surface area contributed by atoms with Gasteiger partial charge in [0, 0.05) is 23.8 Å². The van der Waals surface area contributed by atoms with E-state index in [1.807, 2.05) is 18.5 Å². The maximum absolute atomic E-state index is 11.3. The Bertz CT molecular complexity index is 964. The summed E-state index contributed by atoms with van der Waals surface area (Å²) >= 11 is 0. The van der Waals surface area contributed by atoms with Crippen LogP contribution >= 0.6 is 0 Å². The molecule has 24 heavy (non-hydrogen) atoms. The van der Waals surface area contributed by atoms with Gasteiger partial charge in [-0.25, -0.2) is 23.5 Å². The van der Waals surface area contributed by atoms with E-state index in [0.717, 1.165) is 29.8 Å². The van der Waals surface area contributed by atoms with E-state index in [1.54, 1.807) is 12.1 Å². The number of nitrogens with zero attached hydrogens (tertiary/aromatic N) is 3. The molecule has 2 aromatic rings. The molecule has 3 N–H and O–H groups in total. The molecule has 0 fully saturated rings. The number of sulfonamides is 1. The molecule has 1 aromatic heterocycles. The van der Waals surface area contributed by atoms with Gasteiger partial charge in [-0.05, 0) is 42.7 Å². The van der Waals surface area contributed by atoms with Crippen molar-refractivity contribution in [3.63, 3.8) is 0 Å². The lowest BCUT2D eigenvalue weighted by Gasteiger charge is -2.21. The van der Waals surface area contributed by atoms with Crippen LogP contribution in [-0.4, -0.2) is 24.1 Å². The third kappa shape index (κ3) is 2.70. The molecule has 0 bridgehead atoms. The zero-order valence-corrected chi connectivity index (χ0v) is 13.5. The highest BCUT2D eigenvalue weighted by molar-refractivity contribution is 7.89. The van der Waals surface area contributed by atoms with Crippen molar-refractivity contribution in [2.75, 3.05) is 5.32 Å². The van der Waals surface area contributed by atoms with Crippen LogP contribution in [0.15, 0.2) is 52.6 Å². The highest BCUT2D eigenvalue weighted by Crippen LogP contribution is 2.32. The number of aryl methyl sites for hydroxylation is 1. The number of anilines is 2. The van der Waals surface area contributed by atoms with E-state index >= 15 is 0 Å². The molecule has 0 saturated carbocycles. The van der Waals surface area contributed by atoms with Gasteiger partial charge in [0.2, 0.25) is 16.0 Å². The van der Waals surface area contributed by atoms with E-state index in [-0.39, 0.29) is 10.8 Å². The summed E-state index contributed by atoms with van der Waals surface area (Å²) in [7, 11) is -3.69. The quantitative estimate of drug-likeness (QED) is 0.885. The molecule has 2 aliphatic rings. The van der Waals surface area contributed by atoms with Crippen molar-refractivity contribution in [1.82, 2.24) is 9.97 Å². The molecule has 8 heteroatoms. The zero-order chi connectivity index (χ0) is 16.7. The van der Waals surface area contributed by atoms with Gasteiger partial charge in [-0.1, -0.05) is 6.08 Å². The molecule has 1 aromatic carbocycles. The fourth-order valence-electron chi connectivity index (χ4n) is 2.95. The minimum atomic E-state index is -3.69. The number of hydrogen-bond acceptors (Lipinski definition) is 6. The van der Waals surface area contributed by atoms with Crippen molar-refractivity contribution >= 4 is 27.4 Å². The topological polar surface area (TPSA) is 110 Å². The lowest BCUT2D eigenvalue weighted by atomic mass is 9.86. The third-order valence-electron chi connectivity index (χ3n) is 4.16. The van der Waals surface area contributed by atoms with Crippen LogP contribution in [0.4, 0.5) is 11.6 Å². The molecule has 0 amide bonds. The highest BCUT2D eigenvalue weighted by Gasteiger charge is 2.28. The molecule has 0 spiro atoms. The predicted molar refractivity (Wildman–Crippen MR) is 90.8 cm³/mol. The number of fused-ring (bicyclic) bond motifs is 3. The Morgan fingerprint density at radius 1 is 1.17 bits per heavy atom. The van der Waals surface area contributed by atoms with Gasteiger partial charge in [0.25, 0.3) is 0 Å². The summed E-state index contributed by atoms with van der Waals surface area (Å²) in [4.78, 5) is 13.4. The average Bonchev–Trinajstić information content (AvgIpc) is 3.03. The number of primary sulfonamides is 1. The number of benzene rings is 1. The van der Waals surface area contributed by atoms with Gasteiger partial charge in [0.15, 0.2) is 0 Å². The van der Waals surface area contributed by atoms with Gasteiger partial charge in [-0.15, -0.1) is 0 Å². The van der Waals surface area contributed by atoms with E-state index in [4.69, 9.17) is 5.14 Å². The van der Waals surface area contributed by atoms with Gasteiger partial charge >= 0.3 is 0 Å². The third-order valence-corrected chi connectivity index (χ3v) is 5.09. The number of hydrogen-bond donors (Lipinski definition) is 2. The lowest BCUT2D eigenvalue weighted by molar-refractivity contribution is 0.598. The van der Waals surface area contributed by atoms with Crippen LogP contribution in [0.25, 0.3) is 0 Å². The van der Waals surface area contributed by atoms with Crippen molar-refractivity contribution in [2.24, 2.45) is 10.1 Å². The summed E-state index contributed by atoms with van der Waals surface area (Å²) in [5.74, 6) is 0.612. The number of nitrogens with two attached hydrogens (primary N) is 1. The fraction of sp³-hybridized carbons (Fsp3) is 0.188. The first-order valence-electron chi connectivity index (χ1n) is 7.50. The monoisotopic (exact) mass is 341 g/mol. The number of aliphatic imine (C=N–C) groups is 1. The van der Waals surface area contributed by atoms with Crippen molar-refractivity contribution in [1.29, 1.82) is 0 Å². The number of nitrogens with one attached hydrogen (secondary N) is 1. The Morgan fingerprint density at radius 3 is 2.71 bits per heavy atom. The molecule has 2 heterocycles. The van der Waals surface area contributed by atoms with E-state index < -0.39 is 10.0 Å². The second-order valence-electron chi connectivity index (χ2n) is 5.74. The predicted octanol–water partition coefficient (Wildman–Crippen LogP) is 1.87. The summed E-state index contributed by atoms with van der Waals surface area (Å²) in [5, 5.41) is 8.19. The molecule has 1 atom stereocenters.